The maximum Gasteiger partial charge on any atom is 0.319 e. The molecule has 164 valence electrons. The summed E-state index contributed by atoms with van der Waals surface area (Å²) in [4.78, 5) is 36.1. The number of anilines is 2. The maximum absolute atomic E-state index is 13.5. The average Bonchev–Trinajstić information content (AvgIpc) is 3.29. The first-order chi connectivity index (χ1) is 14.9. The molecule has 4 amide bonds. The Hall–Kier alpha value is -3.49. The molecule has 0 spiro atoms. The molecule has 2 aromatic rings. The van der Waals surface area contributed by atoms with Crippen LogP contribution >= 0.6 is 0 Å². The highest BCUT2D eigenvalue weighted by Crippen LogP contribution is 2.26. The van der Waals surface area contributed by atoms with Gasteiger partial charge in [-0.2, -0.15) is 0 Å². The van der Waals surface area contributed by atoms with Crippen LogP contribution in [-0.4, -0.2) is 30.9 Å². The molecule has 0 heterocycles. The van der Waals surface area contributed by atoms with E-state index < -0.39 is 17.7 Å². The van der Waals surface area contributed by atoms with E-state index >= 15 is 0 Å². The molecule has 0 saturated heterocycles. The van der Waals surface area contributed by atoms with Crippen LogP contribution in [0.2, 0.25) is 0 Å². The third-order valence-corrected chi connectivity index (χ3v) is 5.02. The fraction of sp³-hybridized carbons (Fsp3) is 0.318. The Morgan fingerprint density at radius 1 is 0.871 bits per heavy atom. The van der Waals surface area contributed by atoms with E-state index in [1.165, 1.54) is 0 Å². The SMILES string of the molecule is O=C(NCCNC(=O)c1ccc(NC(=O)C2CCCC2)cc1)Nc1ccc(F)cc1F. The third-order valence-electron chi connectivity index (χ3n) is 5.02. The Morgan fingerprint density at radius 3 is 2.23 bits per heavy atom. The maximum atomic E-state index is 13.5. The molecule has 3 rings (SSSR count). The number of rotatable bonds is 7. The topological polar surface area (TPSA) is 99.3 Å². The van der Waals surface area contributed by atoms with E-state index in [0.717, 1.165) is 37.8 Å². The van der Waals surface area contributed by atoms with Gasteiger partial charge in [0.25, 0.3) is 5.91 Å². The number of urea groups is 1. The molecule has 0 aliphatic heterocycles. The molecule has 1 aliphatic carbocycles. The van der Waals surface area contributed by atoms with Crippen LogP contribution in [-0.2, 0) is 4.79 Å². The van der Waals surface area contributed by atoms with Crippen LogP contribution in [0.15, 0.2) is 42.5 Å². The highest BCUT2D eigenvalue weighted by molar-refractivity contribution is 5.96. The zero-order valence-electron chi connectivity index (χ0n) is 16.8. The van der Waals surface area contributed by atoms with Gasteiger partial charge in [0.05, 0.1) is 5.69 Å². The molecule has 7 nitrogen and oxygen atoms in total. The van der Waals surface area contributed by atoms with Crippen LogP contribution in [0.5, 0.6) is 0 Å². The Balaban J connectivity index is 1.38. The molecule has 0 unspecified atom stereocenters. The summed E-state index contributed by atoms with van der Waals surface area (Å²) >= 11 is 0. The predicted molar refractivity (Wildman–Crippen MR) is 113 cm³/mol. The molecule has 0 radical (unpaired) electrons. The number of hydrogen-bond acceptors (Lipinski definition) is 3. The minimum atomic E-state index is -0.883. The quantitative estimate of drug-likeness (QED) is 0.505. The summed E-state index contributed by atoms with van der Waals surface area (Å²) in [6.45, 7) is 0.258. The minimum Gasteiger partial charge on any atom is -0.350 e. The van der Waals surface area contributed by atoms with Gasteiger partial charge in [0.15, 0.2) is 0 Å². The van der Waals surface area contributed by atoms with Crippen LogP contribution in [0.4, 0.5) is 25.0 Å². The van der Waals surface area contributed by atoms with Crippen molar-refractivity contribution in [2.24, 2.45) is 5.92 Å². The molecule has 4 N–H and O–H groups in total. The molecule has 0 aromatic heterocycles. The van der Waals surface area contributed by atoms with Gasteiger partial charge in [-0.15, -0.1) is 0 Å². The molecule has 0 bridgehead atoms. The molecule has 31 heavy (non-hydrogen) atoms. The van der Waals surface area contributed by atoms with Gasteiger partial charge < -0.3 is 21.3 Å². The van der Waals surface area contributed by atoms with E-state index in [1.807, 2.05) is 0 Å². The molecule has 0 atom stereocenters. The van der Waals surface area contributed by atoms with Gasteiger partial charge >= 0.3 is 6.03 Å². The van der Waals surface area contributed by atoms with Gasteiger partial charge in [0.2, 0.25) is 5.91 Å². The van der Waals surface area contributed by atoms with Crippen LogP contribution < -0.4 is 21.3 Å². The Kier molecular flexibility index (Phi) is 7.53. The molecule has 1 saturated carbocycles. The van der Waals surface area contributed by atoms with Crippen molar-refractivity contribution in [3.05, 3.63) is 59.7 Å². The smallest absolute Gasteiger partial charge is 0.319 e. The van der Waals surface area contributed by atoms with Crippen molar-refractivity contribution in [1.82, 2.24) is 10.6 Å². The molecule has 9 heteroatoms. The number of carbonyl (C=O) groups excluding carboxylic acids is 3. The van der Waals surface area contributed by atoms with Crippen molar-refractivity contribution in [1.29, 1.82) is 0 Å². The van der Waals surface area contributed by atoms with Gasteiger partial charge in [-0.25, -0.2) is 13.6 Å². The van der Waals surface area contributed by atoms with Gasteiger partial charge in [-0.3, -0.25) is 9.59 Å². The zero-order valence-corrected chi connectivity index (χ0v) is 16.8. The first-order valence-electron chi connectivity index (χ1n) is 10.1. The van der Waals surface area contributed by atoms with Crippen molar-refractivity contribution >= 4 is 29.2 Å². The highest BCUT2D eigenvalue weighted by atomic mass is 19.1. The Bertz CT molecular complexity index is 944. The van der Waals surface area contributed by atoms with Crippen LogP contribution in [0.1, 0.15) is 36.0 Å². The lowest BCUT2D eigenvalue weighted by molar-refractivity contribution is -0.119. The van der Waals surface area contributed by atoms with Crippen LogP contribution in [0.3, 0.4) is 0 Å². The largest absolute Gasteiger partial charge is 0.350 e. The number of amides is 4. The van der Waals surface area contributed by atoms with E-state index in [-0.39, 0.29) is 36.5 Å². The lowest BCUT2D eigenvalue weighted by atomic mass is 10.1. The molecular weight excluding hydrogens is 406 g/mol. The lowest BCUT2D eigenvalue weighted by Gasteiger charge is -2.11. The number of carbonyl (C=O) groups is 3. The minimum absolute atomic E-state index is 0.0135. The van der Waals surface area contributed by atoms with E-state index in [4.69, 9.17) is 0 Å². The molecule has 1 fully saturated rings. The first kappa shape index (κ1) is 22.2. The molecular formula is C22H24F2N4O3. The lowest BCUT2D eigenvalue weighted by Crippen LogP contribution is -2.36. The number of nitrogens with one attached hydrogen (secondary N) is 4. The fourth-order valence-corrected chi connectivity index (χ4v) is 3.35. The first-order valence-corrected chi connectivity index (χ1v) is 10.1. The van der Waals surface area contributed by atoms with Crippen LogP contribution in [0, 0.1) is 17.6 Å². The summed E-state index contributed by atoms with van der Waals surface area (Å²) in [7, 11) is 0. The Labute approximate surface area is 178 Å². The number of benzene rings is 2. The molecule has 2 aromatic carbocycles. The summed E-state index contributed by atoms with van der Waals surface area (Å²) in [6.07, 6.45) is 3.99. The summed E-state index contributed by atoms with van der Waals surface area (Å²) < 4.78 is 26.4. The van der Waals surface area contributed by atoms with Crippen molar-refractivity contribution < 1.29 is 23.2 Å². The van der Waals surface area contributed by atoms with Gasteiger partial charge in [-0.1, -0.05) is 12.8 Å². The van der Waals surface area contributed by atoms with Crippen molar-refractivity contribution in [3.63, 3.8) is 0 Å². The monoisotopic (exact) mass is 430 g/mol. The molecule has 1 aliphatic rings. The van der Waals surface area contributed by atoms with Gasteiger partial charge in [0, 0.05) is 36.3 Å². The van der Waals surface area contributed by atoms with Crippen molar-refractivity contribution in [2.45, 2.75) is 25.7 Å². The summed E-state index contributed by atoms with van der Waals surface area (Å²) in [5.41, 5.74) is 0.902. The van der Waals surface area contributed by atoms with E-state index in [1.54, 1.807) is 24.3 Å². The standard InChI is InChI=1S/C22H24F2N4O3/c23-16-7-10-19(18(24)13-16)28-22(31)26-12-11-25-20(29)15-5-8-17(9-6-15)27-21(30)14-3-1-2-4-14/h5-10,13-14H,1-4,11-12H2,(H,25,29)(H,27,30)(H2,26,28,31). The Morgan fingerprint density at radius 2 is 1.55 bits per heavy atom. The highest BCUT2D eigenvalue weighted by Gasteiger charge is 2.22. The van der Waals surface area contributed by atoms with E-state index in [9.17, 15) is 23.2 Å². The second kappa shape index (κ2) is 10.5. The van der Waals surface area contributed by atoms with Crippen LogP contribution in [0.25, 0.3) is 0 Å². The fourth-order valence-electron chi connectivity index (χ4n) is 3.35. The summed E-state index contributed by atoms with van der Waals surface area (Å²) in [5, 5.41) is 10.2. The average molecular weight is 430 g/mol. The summed E-state index contributed by atoms with van der Waals surface area (Å²) in [6, 6.07) is 8.70. The number of hydrogen-bond donors (Lipinski definition) is 4. The second-order valence-electron chi connectivity index (χ2n) is 7.31. The second-order valence-corrected chi connectivity index (χ2v) is 7.31. The summed E-state index contributed by atoms with van der Waals surface area (Å²) in [5.74, 6) is -1.88. The van der Waals surface area contributed by atoms with Gasteiger partial charge in [0.1, 0.15) is 11.6 Å². The zero-order chi connectivity index (χ0) is 22.2. The normalized spacial score (nSPS) is 13.5. The third kappa shape index (κ3) is 6.50. The number of halogens is 2. The van der Waals surface area contributed by atoms with Gasteiger partial charge in [-0.05, 0) is 49.2 Å². The van der Waals surface area contributed by atoms with E-state index in [0.29, 0.717) is 17.3 Å². The predicted octanol–water partition coefficient (Wildman–Crippen LogP) is 3.65. The van der Waals surface area contributed by atoms with Crippen molar-refractivity contribution in [3.8, 4) is 0 Å². The van der Waals surface area contributed by atoms with E-state index in [2.05, 4.69) is 21.3 Å². The van der Waals surface area contributed by atoms with Crippen molar-refractivity contribution in [2.75, 3.05) is 23.7 Å².